The molecule has 4 rings (SSSR count). The minimum Gasteiger partial charge on any atom is -0.482 e. The van der Waals surface area contributed by atoms with Crippen LogP contribution in [0.2, 0.25) is 0 Å². The number of rotatable bonds is 4. The first kappa shape index (κ1) is 21.3. The number of pyridine rings is 1. The molecule has 2 aliphatic rings. The van der Waals surface area contributed by atoms with Crippen molar-refractivity contribution in [1.29, 1.82) is 0 Å². The summed E-state index contributed by atoms with van der Waals surface area (Å²) in [4.78, 5) is 28.4. The summed E-state index contributed by atoms with van der Waals surface area (Å²) in [5.74, 6) is 0.120. The van der Waals surface area contributed by atoms with E-state index in [0.717, 1.165) is 5.56 Å². The number of piperidine rings is 1. The number of nitrogens with one attached hydrogen (secondary N) is 2. The maximum atomic E-state index is 13.2. The minimum atomic E-state index is -3.76. The van der Waals surface area contributed by atoms with Crippen LogP contribution in [0.5, 0.6) is 5.75 Å². The van der Waals surface area contributed by atoms with Gasteiger partial charge in [-0.25, -0.2) is 13.4 Å². The number of amides is 2. The number of sulfonamides is 1. The summed E-state index contributed by atoms with van der Waals surface area (Å²) in [5.41, 5.74) is 1.99. The van der Waals surface area contributed by atoms with Crippen LogP contribution in [0.4, 0.5) is 11.5 Å². The van der Waals surface area contributed by atoms with Crippen LogP contribution in [0, 0.1) is 19.8 Å². The molecule has 0 bridgehead atoms. The molecule has 1 saturated heterocycles. The molecule has 1 aromatic heterocycles. The van der Waals surface area contributed by atoms with E-state index in [1.54, 1.807) is 25.3 Å². The normalized spacial score (nSPS) is 17.4. The lowest BCUT2D eigenvalue weighted by atomic mass is 9.97. The van der Waals surface area contributed by atoms with Crippen molar-refractivity contribution in [2.24, 2.45) is 5.92 Å². The van der Waals surface area contributed by atoms with Gasteiger partial charge in [0, 0.05) is 31.3 Å². The fraction of sp³-hybridized carbons (Fsp3) is 0.381. The van der Waals surface area contributed by atoms with Gasteiger partial charge in [0.2, 0.25) is 15.9 Å². The maximum Gasteiger partial charge on any atom is 0.262 e. The Kier molecular flexibility index (Phi) is 5.67. The van der Waals surface area contributed by atoms with E-state index in [1.165, 1.54) is 10.4 Å². The fourth-order valence-electron chi connectivity index (χ4n) is 3.76. The first-order chi connectivity index (χ1) is 14.7. The van der Waals surface area contributed by atoms with Gasteiger partial charge in [0.05, 0.1) is 10.6 Å². The zero-order valence-corrected chi connectivity index (χ0v) is 18.2. The van der Waals surface area contributed by atoms with Crippen LogP contribution in [0.1, 0.15) is 24.0 Å². The van der Waals surface area contributed by atoms with Crippen LogP contribution < -0.4 is 15.4 Å². The van der Waals surface area contributed by atoms with Crippen molar-refractivity contribution < 1.29 is 22.7 Å². The molecule has 1 aromatic carbocycles. The summed E-state index contributed by atoms with van der Waals surface area (Å²) in [7, 11) is -3.76. The molecule has 164 valence electrons. The average Bonchev–Trinajstić information content (AvgIpc) is 2.74. The largest absolute Gasteiger partial charge is 0.482 e. The number of anilines is 2. The lowest BCUT2D eigenvalue weighted by Crippen LogP contribution is -2.41. The second-order valence-electron chi connectivity index (χ2n) is 7.84. The van der Waals surface area contributed by atoms with Crippen LogP contribution >= 0.6 is 0 Å². The van der Waals surface area contributed by atoms with Crippen molar-refractivity contribution in [3.63, 3.8) is 0 Å². The summed E-state index contributed by atoms with van der Waals surface area (Å²) in [6, 6.07) is 6.68. The summed E-state index contributed by atoms with van der Waals surface area (Å²) >= 11 is 0. The molecule has 10 heteroatoms. The second-order valence-corrected chi connectivity index (χ2v) is 9.75. The number of nitrogens with zero attached hydrogens (tertiary/aromatic N) is 2. The quantitative estimate of drug-likeness (QED) is 0.745. The van der Waals surface area contributed by atoms with Crippen LogP contribution in [0.25, 0.3) is 0 Å². The third kappa shape index (κ3) is 4.40. The van der Waals surface area contributed by atoms with Gasteiger partial charge >= 0.3 is 0 Å². The number of carbonyl (C=O) groups excluding carboxylic acids is 2. The molecule has 31 heavy (non-hydrogen) atoms. The predicted molar refractivity (Wildman–Crippen MR) is 114 cm³/mol. The molecule has 1 fully saturated rings. The van der Waals surface area contributed by atoms with E-state index in [-0.39, 0.29) is 42.3 Å². The third-order valence-electron chi connectivity index (χ3n) is 5.52. The number of carbonyl (C=O) groups is 2. The smallest absolute Gasteiger partial charge is 0.262 e. The molecule has 9 nitrogen and oxygen atoms in total. The van der Waals surface area contributed by atoms with Crippen molar-refractivity contribution in [3.05, 3.63) is 41.6 Å². The van der Waals surface area contributed by atoms with E-state index >= 15 is 0 Å². The standard InChI is InChI=1S/C21H24N4O5S/c1-13-3-4-19(22-11-13)24-21(27)15-5-7-25(8-6-15)31(28,29)18-10-17-16(9-14(18)2)23-20(26)12-30-17/h3-4,9-11,15H,5-8,12H2,1-2H3,(H,23,26)(H,22,24,27). The van der Waals surface area contributed by atoms with Crippen LogP contribution in [0.15, 0.2) is 35.4 Å². The molecule has 0 radical (unpaired) electrons. The van der Waals surface area contributed by atoms with Crippen molar-refractivity contribution in [1.82, 2.24) is 9.29 Å². The Morgan fingerprint density at radius 3 is 2.65 bits per heavy atom. The molecule has 2 aliphatic heterocycles. The number of benzene rings is 1. The molecular formula is C21H24N4O5S. The lowest BCUT2D eigenvalue weighted by Gasteiger charge is -2.31. The molecule has 2 aromatic rings. The van der Waals surface area contributed by atoms with Gasteiger partial charge in [-0.2, -0.15) is 4.31 Å². The highest BCUT2D eigenvalue weighted by molar-refractivity contribution is 7.89. The SMILES string of the molecule is Cc1ccc(NC(=O)C2CCN(S(=O)(=O)c3cc4c(cc3C)NC(=O)CO4)CC2)nc1. The topological polar surface area (TPSA) is 118 Å². The fourth-order valence-corrected chi connectivity index (χ4v) is 5.45. The molecular weight excluding hydrogens is 420 g/mol. The highest BCUT2D eigenvalue weighted by Gasteiger charge is 2.34. The van der Waals surface area contributed by atoms with Gasteiger partial charge in [0.1, 0.15) is 11.6 Å². The van der Waals surface area contributed by atoms with E-state index in [1.807, 2.05) is 13.0 Å². The van der Waals surface area contributed by atoms with Crippen LogP contribution in [-0.2, 0) is 19.6 Å². The Morgan fingerprint density at radius 1 is 1.23 bits per heavy atom. The van der Waals surface area contributed by atoms with Gasteiger partial charge in [-0.15, -0.1) is 0 Å². The summed E-state index contributed by atoms with van der Waals surface area (Å²) in [6.07, 6.45) is 2.53. The molecule has 2 amide bonds. The molecule has 0 atom stereocenters. The van der Waals surface area contributed by atoms with Crippen molar-refractivity contribution in [3.8, 4) is 5.75 Å². The number of ether oxygens (including phenoxy) is 1. The van der Waals surface area contributed by atoms with Crippen molar-refractivity contribution in [2.45, 2.75) is 31.6 Å². The average molecular weight is 445 g/mol. The number of aromatic nitrogens is 1. The third-order valence-corrected chi connectivity index (χ3v) is 7.56. The molecule has 2 N–H and O–H groups in total. The monoisotopic (exact) mass is 444 g/mol. The van der Waals surface area contributed by atoms with E-state index in [2.05, 4.69) is 15.6 Å². The first-order valence-corrected chi connectivity index (χ1v) is 11.5. The van der Waals surface area contributed by atoms with Gasteiger partial charge < -0.3 is 15.4 Å². The van der Waals surface area contributed by atoms with Crippen molar-refractivity contribution in [2.75, 3.05) is 30.3 Å². The van der Waals surface area contributed by atoms with Gasteiger partial charge in [0.15, 0.2) is 6.61 Å². The van der Waals surface area contributed by atoms with Gasteiger partial charge in [-0.1, -0.05) is 6.07 Å². The van der Waals surface area contributed by atoms with E-state index in [9.17, 15) is 18.0 Å². The molecule has 0 saturated carbocycles. The summed E-state index contributed by atoms with van der Waals surface area (Å²) < 4.78 is 33.2. The minimum absolute atomic E-state index is 0.147. The van der Waals surface area contributed by atoms with Gasteiger partial charge in [-0.05, 0) is 49.9 Å². The maximum absolute atomic E-state index is 13.2. The Morgan fingerprint density at radius 2 is 1.97 bits per heavy atom. The van der Waals surface area contributed by atoms with E-state index in [4.69, 9.17) is 4.74 Å². The lowest BCUT2D eigenvalue weighted by molar-refractivity contribution is -0.121. The van der Waals surface area contributed by atoms with Crippen molar-refractivity contribution >= 4 is 33.3 Å². The molecule has 0 unspecified atom stereocenters. The first-order valence-electron chi connectivity index (χ1n) is 10.0. The molecule has 0 spiro atoms. The number of hydrogen-bond donors (Lipinski definition) is 2. The zero-order chi connectivity index (χ0) is 22.2. The number of fused-ring (bicyclic) bond motifs is 1. The van der Waals surface area contributed by atoms with Crippen LogP contribution in [0.3, 0.4) is 0 Å². The Balaban J connectivity index is 1.44. The highest BCUT2D eigenvalue weighted by atomic mass is 32.2. The second kappa shape index (κ2) is 8.27. The van der Waals surface area contributed by atoms with E-state index in [0.29, 0.717) is 35.7 Å². The summed E-state index contributed by atoms with van der Waals surface area (Å²) in [6.45, 7) is 3.95. The van der Waals surface area contributed by atoms with Crippen LogP contribution in [-0.4, -0.2) is 49.2 Å². The number of hydrogen-bond acceptors (Lipinski definition) is 6. The summed E-state index contributed by atoms with van der Waals surface area (Å²) in [5, 5.41) is 5.48. The zero-order valence-electron chi connectivity index (χ0n) is 17.3. The molecule has 3 heterocycles. The molecule has 0 aliphatic carbocycles. The van der Waals surface area contributed by atoms with E-state index < -0.39 is 10.0 Å². The Hall–Kier alpha value is -2.98. The Bertz CT molecular complexity index is 1120. The highest BCUT2D eigenvalue weighted by Crippen LogP contribution is 2.35. The number of aryl methyl sites for hydroxylation is 2. The predicted octanol–water partition coefficient (Wildman–Crippen LogP) is 2.07. The van der Waals surface area contributed by atoms with Gasteiger partial charge in [0.25, 0.3) is 5.91 Å². The Labute approximate surface area is 180 Å². The van der Waals surface area contributed by atoms with Gasteiger partial charge in [-0.3, -0.25) is 9.59 Å².